The van der Waals surface area contributed by atoms with Gasteiger partial charge in [-0.25, -0.2) is 0 Å². The van der Waals surface area contributed by atoms with E-state index in [1.165, 1.54) is 0 Å². The highest BCUT2D eigenvalue weighted by molar-refractivity contribution is 5.96. The molecule has 0 spiro atoms. The molecule has 0 bridgehead atoms. The van der Waals surface area contributed by atoms with E-state index in [2.05, 4.69) is 10.7 Å². The first-order valence-electron chi connectivity index (χ1n) is 6.99. The van der Waals surface area contributed by atoms with Gasteiger partial charge in [0.1, 0.15) is 0 Å². The van der Waals surface area contributed by atoms with Crippen LogP contribution in [0.4, 0.5) is 5.69 Å². The molecule has 0 aliphatic carbocycles. The van der Waals surface area contributed by atoms with Crippen molar-refractivity contribution in [2.75, 3.05) is 18.6 Å². The maximum absolute atomic E-state index is 12.0. The standard InChI is InChI=1S/C17H19N3O2/c1-13-7-6-8-14(11-13)17(22)18-12-16(21)19-20(2)15-9-4-3-5-10-15/h3-11H,12H2,1-2H3,(H,18,22)(H,19,21). The smallest absolute Gasteiger partial charge is 0.257 e. The Morgan fingerprint density at radius 3 is 2.45 bits per heavy atom. The Balaban J connectivity index is 1.84. The number of amides is 2. The highest BCUT2D eigenvalue weighted by atomic mass is 16.2. The zero-order valence-corrected chi connectivity index (χ0v) is 12.7. The van der Waals surface area contributed by atoms with Gasteiger partial charge in [0.15, 0.2) is 0 Å². The van der Waals surface area contributed by atoms with E-state index in [0.29, 0.717) is 5.56 Å². The third kappa shape index (κ3) is 4.34. The van der Waals surface area contributed by atoms with E-state index in [1.807, 2.05) is 49.4 Å². The second kappa shape index (κ2) is 7.26. The second-order valence-electron chi connectivity index (χ2n) is 4.98. The lowest BCUT2D eigenvalue weighted by Crippen LogP contribution is -2.45. The average Bonchev–Trinajstić information content (AvgIpc) is 2.53. The lowest BCUT2D eigenvalue weighted by atomic mass is 10.1. The fourth-order valence-corrected chi connectivity index (χ4v) is 1.99. The fourth-order valence-electron chi connectivity index (χ4n) is 1.99. The molecule has 0 saturated heterocycles. The molecule has 2 aromatic rings. The molecular weight excluding hydrogens is 278 g/mol. The van der Waals surface area contributed by atoms with Crippen molar-refractivity contribution in [3.05, 3.63) is 65.7 Å². The van der Waals surface area contributed by atoms with Crippen LogP contribution in [0.1, 0.15) is 15.9 Å². The molecule has 0 aliphatic heterocycles. The first kappa shape index (κ1) is 15.6. The number of nitrogens with zero attached hydrogens (tertiary/aromatic N) is 1. The van der Waals surface area contributed by atoms with Gasteiger partial charge in [0.25, 0.3) is 11.8 Å². The van der Waals surface area contributed by atoms with Crippen molar-refractivity contribution in [3.8, 4) is 0 Å². The van der Waals surface area contributed by atoms with E-state index in [-0.39, 0.29) is 18.4 Å². The normalized spacial score (nSPS) is 9.91. The molecule has 22 heavy (non-hydrogen) atoms. The Morgan fingerprint density at radius 2 is 1.77 bits per heavy atom. The Morgan fingerprint density at radius 1 is 1.05 bits per heavy atom. The third-order valence-electron chi connectivity index (χ3n) is 3.13. The lowest BCUT2D eigenvalue weighted by Gasteiger charge is -2.20. The van der Waals surface area contributed by atoms with E-state index in [4.69, 9.17) is 0 Å². The van der Waals surface area contributed by atoms with Crippen molar-refractivity contribution in [2.45, 2.75) is 6.92 Å². The zero-order valence-electron chi connectivity index (χ0n) is 12.7. The van der Waals surface area contributed by atoms with Gasteiger partial charge in [-0.3, -0.25) is 20.0 Å². The van der Waals surface area contributed by atoms with Crippen LogP contribution in [-0.2, 0) is 4.79 Å². The Bertz CT molecular complexity index is 656. The first-order chi connectivity index (χ1) is 10.6. The molecule has 0 radical (unpaired) electrons. The van der Waals surface area contributed by atoms with Crippen LogP contribution in [0.15, 0.2) is 54.6 Å². The van der Waals surface area contributed by atoms with Crippen molar-refractivity contribution < 1.29 is 9.59 Å². The molecule has 2 aromatic carbocycles. The van der Waals surface area contributed by atoms with Gasteiger partial charge in [0, 0.05) is 12.6 Å². The number of carbonyl (C=O) groups is 2. The summed E-state index contributed by atoms with van der Waals surface area (Å²) in [5.74, 6) is -0.548. The number of hydrazine groups is 1. The monoisotopic (exact) mass is 297 g/mol. The Kier molecular flexibility index (Phi) is 5.14. The maximum atomic E-state index is 12.0. The van der Waals surface area contributed by atoms with E-state index in [0.717, 1.165) is 11.3 Å². The molecule has 0 aliphatic rings. The minimum Gasteiger partial charge on any atom is -0.343 e. The maximum Gasteiger partial charge on any atom is 0.257 e. The highest BCUT2D eigenvalue weighted by Crippen LogP contribution is 2.08. The van der Waals surface area contributed by atoms with Crippen molar-refractivity contribution in [2.24, 2.45) is 0 Å². The largest absolute Gasteiger partial charge is 0.343 e. The van der Waals surface area contributed by atoms with Gasteiger partial charge >= 0.3 is 0 Å². The molecule has 114 valence electrons. The number of nitrogens with one attached hydrogen (secondary N) is 2. The molecule has 0 aromatic heterocycles. The summed E-state index contributed by atoms with van der Waals surface area (Å²) in [4.78, 5) is 23.8. The number of carbonyl (C=O) groups excluding carboxylic acids is 2. The van der Waals surface area contributed by atoms with Crippen molar-refractivity contribution in [1.29, 1.82) is 0 Å². The zero-order chi connectivity index (χ0) is 15.9. The molecule has 2 N–H and O–H groups in total. The van der Waals surface area contributed by atoms with Crippen molar-refractivity contribution >= 4 is 17.5 Å². The van der Waals surface area contributed by atoms with Crippen LogP contribution in [0.3, 0.4) is 0 Å². The number of aryl methyl sites for hydroxylation is 1. The third-order valence-corrected chi connectivity index (χ3v) is 3.13. The van der Waals surface area contributed by atoms with Gasteiger partial charge in [-0.1, -0.05) is 35.9 Å². The lowest BCUT2D eigenvalue weighted by molar-refractivity contribution is -0.120. The summed E-state index contributed by atoms with van der Waals surface area (Å²) in [6.45, 7) is 1.84. The minimum atomic E-state index is -0.285. The van der Waals surface area contributed by atoms with E-state index < -0.39 is 0 Å². The van der Waals surface area contributed by atoms with E-state index >= 15 is 0 Å². The molecule has 0 unspecified atom stereocenters. The summed E-state index contributed by atoms with van der Waals surface area (Å²) in [6, 6.07) is 16.7. The number of para-hydroxylation sites is 1. The topological polar surface area (TPSA) is 61.4 Å². The van der Waals surface area contributed by atoms with E-state index in [9.17, 15) is 9.59 Å². The molecule has 5 nitrogen and oxygen atoms in total. The fraction of sp³-hybridized carbons (Fsp3) is 0.176. The van der Waals surface area contributed by atoms with Gasteiger partial charge < -0.3 is 5.32 Å². The average molecular weight is 297 g/mol. The van der Waals surface area contributed by atoms with Gasteiger partial charge in [-0.05, 0) is 31.2 Å². The molecule has 5 heteroatoms. The number of anilines is 1. The van der Waals surface area contributed by atoms with Crippen LogP contribution in [0.25, 0.3) is 0 Å². The van der Waals surface area contributed by atoms with Gasteiger partial charge in [-0.2, -0.15) is 0 Å². The molecule has 2 amide bonds. The number of hydrogen-bond donors (Lipinski definition) is 2. The molecule has 0 heterocycles. The number of benzene rings is 2. The molecule has 0 fully saturated rings. The number of hydrogen-bond acceptors (Lipinski definition) is 3. The van der Waals surface area contributed by atoms with E-state index in [1.54, 1.807) is 24.2 Å². The summed E-state index contributed by atoms with van der Waals surface area (Å²) in [5, 5.41) is 4.22. The Labute approximate surface area is 129 Å². The van der Waals surface area contributed by atoms with Crippen molar-refractivity contribution in [3.63, 3.8) is 0 Å². The van der Waals surface area contributed by atoms with Crippen LogP contribution in [0, 0.1) is 6.92 Å². The van der Waals surface area contributed by atoms with Crippen LogP contribution < -0.4 is 15.8 Å². The predicted octanol–water partition coefficient (Wildman–Crippen LogP) is 1.89. The first-order valence-corrected chi connectivity index (χ1v) is 6.99. The van der Waals surface area contributed by atoms with Crippen LogP contribution in [-0.4, -0.2) is 25.4 Å². The van der Waals surface area contributed by atoms with Crippen LogP contribution in [0.2, 0.25) is 0 Å². The number of rotatable bonds is 5. The molecule has 2 rings (SSSR count). The quantitative estimate of drug-likeness (QED) is 0.829. The minimum absolute atomic E-state index is 0.0794. The molecular formula is C17H19N3O2. The van der Waals surface area contributed by atoms with Gasteiger partial charge in [-0.15, -0.1) is 0 Å². The Hall–Kier alpha value is -2.82. The second-order valence-corrected chi connectivity index (χ2v) is 4.98. The summed E-state index contributed by atoms with van der Waals surface area (Å²) in [5.41, 5.74) is 5.10. The van der Waals surface area contributed by atoms with Crippen molar-refractivity contribution in [1.82, 2.24) is 10.7 Å². The van der Waals surface area contributed by atoms with Crippen LogP contribution >= 0.6 is 0 Å². The molecule has 0 atom stereocenters. The summed E-state index contributed by atoms with van der Waals surface area (Å²) in [7, 11) is 1.75. The van der Waals surface area contributed by atoms with Gasteiger partial charge in [0.05, 0.1) is 12.2 Å². The highest BCUT2D eigenvalue weighted by Gasteiger charge is 2.09. The summed E-state index contributed by atoms with van der Waals surface area (Å²) in [6.07, 6.45) is 0. The summed E-state index contributed by atoms with van der Waals surface area (Å²) < 4.78 is 0. The predicted molar refractivity (Wildman–Crippen MR) is 86.5 cm³/mol. The van der Waals surface area contributed by atoms with Crippen LogP contribution in [0.5, 0.6) is 0 Å². The SMILES string of the molecule is Cc1cccc(C(=O)NCC(=O)NN(C)c2ccccc2)c1. The summed E-state index contributed by atoms with van der Waals surface area (Å²) >= 11 is 0. The van der Waals surface area contributed by atoms with Gasteiger partial charge in [0.2, 0.25) is 0 Å². The molecule has 0 saturated carbocycles.